The van der Waals surface area contributed by atoms with Crippen LogP contribution in [-0.2, 0) is 13.6 Å². The zero-order chi connectivity index (χ0) is 27.6. The molecule has 0 atom stereocenters. The SMILES string of the molecule is CCOc1ncc(CN2CCN(c3ccc(-c4cc(-c5cnn(C)c5)cn5ncc(C#N)c45)cn3)CC2)cc1F. The van der Waals surface area contributed by atoms with E-state index < -0.39 is 5.82 Å². The zero-order valence-corrected chi connectivity index (χ0v) is 22.3. The lowest BCUT2D eigenvalue weighted by molar-refractivity contribution is 0.248. The maximum absolute atomic E-state index is 14.2. The van der Waals surface area contributed by atoms with Crippen LogP contribution in [0.4, 0.5) is 10.2 Å². The molecule has 1 saturated heterocycles. The molecule has 0 bridgehead atoms. The fourth-order valence-electron chi connectivity index (χ4n) is 5.07. The van der Waals surface area contributed by atoms with Crippen molar-refractivity contribution >= 4 is 11.3 Å². The highest BCUT2D eigenvalue weighted by atomic mass is 19.1. The molecule has 10 nitrogen and oxygen atoms in total. The van der Waals surface area contributed by atoms with Gasteiger partial charge in [-0.05, 0) is 36.8 Å². The van der Waals surface area contributed by atoms with Gasteiger partial charge in [0, 0.05) is 86.8 Å². The van der Waals surface area contributed by atoms with Crippen LogP contribution in [0.15, 0.2) is 61.4 Å². The van der Waals surface area contributed by atoms with Gasteiger partial charge in [0.15, 0.2) is 5.82 Å². The highest BCUT2D eigenvalue weighted by Crippen LogP contribution is 2.32. The number of aryl methyl sites for hydroxylation is 1. The van der Waals surface area contributed by atoms with E-state index in [-0.39, 0.29) is 5.88 Å². The molecule has 202 valence electrons. The van der Waals surface area contributed by atoms with Crippen LogP contribution < -0.4 is 9.64 Å². The fraction of sp³-hybridized carbons (Fsp3) is 0.276. The normalized spacial score (nSPS) is 14.0. The van der Waals surface area contributed by atoms with Gasteiger partial charge in [-0.1, -0.05) is 0 Å². The molecule has 11 heteroatoms. The molecule has 1 fully saturated rings. The van der Waals surface area contributed by atoms with E-state index >= 15 is 0 Å². The summed E-state index contributed by atoms with van der Waals surface area (Å²) in [5, 5.41) is 18.4. The van der Waals surface area contributed by atoms with Crippen molar-refractivity contribution in [1.29, 1.82) is 5.26 Å². The number of aromatic nitrogens is 6. The summed E-state index contributed by atoms with van der Waals surface area (Å²) in [6.45, 7) is 6.09. The van der Waals surface area contributed by atoms with E-state index in [4.69, 9.17) is 9.72 Å². The molecule has 5 aromatic heterocycles. The lowest BCUT2D eigenvalue weighted by atomic mass is 10.0. The maximum Gasteiger partial charge on any atom is 0.250 e. The van der Waals surface area contributed by atoms with Gasteiger partial charge in [-0.2, -0.15) is 15.5 Å². The van der Waals surface area contributed by atoms with E-state index in [1.54, 1.807) is 28.5 Å². The predicted molar refractivity (Wildman–Crippen MR) is 148 cm³/mol. The minimum absolute atomic E-state index is 0.0483. The Balaban J connectivity index is 1.18. The molecule has 5 aromatic rings. The lowest BCUT2D eigenvalue weighted by Crippen LogP contribution is -2.46. The second kappa shape index (κ2) is 10.7. The van der Waals surface area contributed by atoms with E-state index in [0.717, 1.165) is 65.3 Å². The summed E-state index contributed by atoms with van der Waals surface area (Å²) in [6, 6.07) is 9.88. The molecule has 1 aliphatic heterocycles. The molecule has 0 radical (unpaired) electrons. The molecule has 0 saturated carbocycles. The van der Waals surface area contributed by atoms with E-state index in [0.29, 0.717) is 18.7 Å². The predicted octanol–water partition coefficient (Wildman–Crippen LogP) is 3.92. The summed E-state index contributed by atoms with van der Waals surface area (Å²) in [5.41, 5.74) is 5.79. The molecular weight excluding hydrogens is 509 g/mol. The number of hydrogen-bond acceptors (Lipinski definition) is 8. The first-order chi connectivity index (χ1) is 19.5. The Morgan fingerprint density at radius 3 is 2.48 bits per heavy atom. The molecule has 40 heavy (non-hydrogen) atoms. The van der Waals surface area contributed by atoms with Gasteiger partial charge in [-0.25, -0.2) is 18.9 Å². The van der Waals surface area contributed by atoms with Gasteiger partial charge in [-0.15, -0.1) is 0 Å². The molecule has 0 aliphatic carbocycles. The summed E-state index contributed by atoms with van der Waals surface area (Å²) >= 11 is 0. The molecule has 0 aromatic carbocycles. The van der Waals surface area contributed by atoms with Crippen LogP contribution in [0.1, 0.15) is 18.1 Å². The number of nitriles is 1. The Morgan fingerprint density at radius 1 is 0.950 bits per heavy atom. The van der Waals surface area contributed by atoms with Gasteiger partial charge in [0.25, 0.3) is 0 Å². The first-order valence-corrected chi connectivity index (χ1v) is 13.1. The molecule has 0 N–H and O–H groups in total. The Bertz CT molecular complexity index is 1700. The van der Waals surface area contributed by atoms with E-state index in [1.807, 2.05) is 44.0 Å². The van der Waals surface area contributed by atoms with Crippen molar-refractivity contribution in [2.45, 2.75) is 13.5 Å². The van der Waals surface area contributed by atoms with Crippen molar-refractivity contribution in [3.8, 4) is 34.2 Å². The van der Waals surface area contributed by atoms with Gasteiger partial charge >= 0.3 is 0 Å². The summed E-state index contributed by atoms with van der Waals surface area (Å²) in [7, 11) is 1.88. The highest BCUT2D eigenvalue weighted by molar-refractivity contribution is 5.87. The first kappa shape index (κ1) is 25.5. The zero-order valence-electron chi connectivity index (χ0n) is 22.3. The van der Waals surface area contributed by atoms with Crippen molar-refractivity contribution in [3.05, 3.63) is 78.4 Å². The molecule has 0 amide bonds. The van der Waals surface area contributed by atoms with Crippen LogP contribution in [0.2, 0.25) is 0 Å². The Morgan fingerprint density at radius 2 is 1.80 bits per heavy atom. The van der Waals surface area contributed by atoms with Crippen LogP contribution in [-0.4, -0.2) is 67.0 Å². The third kappa shape index (κ3) is 4.97. The molecular formula is C29H28FN9O. The largest absolute Gasteiger partial charge is 0.476 e. The quantitative estimate of drug-likeness (QED) is 0.308. The summed E-state index contributed by atoms with van der Waals surface area (Å²) in [4.78, 5) is 13.4. The van der Waals surface area contributed by atoms with E-state index in [9.17, 15) is 9.65 Å². The summed E-state index contributed by atoms with van der Waals surface area (Å²) in [5.74, 6) is 0.515. The Hall–Kier alpha value is -4.82. The minimum atomic E-state index is -0.427. The monoisotopic (exact) mass is 537 g/mol. The van der Waals surface area contributed by atoms with Crippen molar-refractivity contribution in [2.24, 2.45) is 7.05 Å². The molecule has 0 unspecified atom stereocenters. The van der Waals surface area contributed by atoms with Crippen LogP contribution in [0.25, 0.3) is 27.8 Å². The number of fused-ring (bicyclic) bond motifs is 1. The number of rotatable bonds is 7. The minimum Gasteiger partial charge on any atom is -0.476 e. The number of ether oxygens (including phenoxy) is 1. The van der Waals surface area contributed by atoms with E-state index in [2.05, 4.69) is 37.1 Å². The Kier molecular flexibility index (Phi) is 6.84. The van der Waals surface area contributed by atoms with Crippen LogP contribution in [0.3, 0.4) is 0 Å². The number of halogens is 1. The summed E-state index contributed by atoms with van der Waals surface area (Å²) in [6.07, 6.45) is 10.8. The molecule has 6 rings (SSSR count). The van der Waals surface area contributed by atoms with Gasteiger partial charge in [0.1, 0.15) is 11.9 Å². The number of anilines is 1. The van der Waals surface area contributed by atoms with Crippen molar-refractivity contribution in [2.75, 3.05) is 37.7 Å². The number of hydrogen-bond donors (Lipinski definition) is 0. The third-order valence-corrected chi connectivity index (χ3v) is 7.08. The topological polar surface area (TPSA) is 100 Å². The van der Waals surface area contributed by atoms with Gasteiger partial charge in [0.05, 0.1) is 30.1 Å². The molecule has 0 spiro atoms. The van der Waals surface area contributed by atoms with Gasteiger partial charge < -0.3 is 9.64 Å². The average Bonchev–Trinajstić information content (AvgIpc) is 3.60. The van der Waals surface area contributed by atoms with Crippen LogP contribution >= 0.6 is 0 Å². The molecule has 6 heterocycles. The standard InChI is InChI=1S/C29H28FN9O/c1-3-40-29-26(30)10-20(13-33-29)17-37-6-8-38(9-7-37)27-5-4-21(14-32-27)25-11-22(24-16-34-36(2)18-24)19-39-28(25)23(12-31)15-35-39/h4-5,10-11,13-16,18-19H,3,6-9,17H2,1-2H3. The third-order valence-electron chi connectivity index (χ3n) is 7.08. The average molecular weight is 538 g/mol. The number of pyridine rings is 3. The van der Waals surface area contributed by atoms with E-state index in [1.165, 1.54) is 6.07 Å². The van der Waals surface area contributed by atoms with Crippen LogP contribution in [0, 0.1) is 17.1 Å². The van der Waals surface area contributed by atoms with Gasteiger partial charge in [-0.3, -0.25) is 9.58 Å². The smallest absolute Gasteiger partial charge is 0.250 e. The van der Waals surface area contributed by atoms with Gasteiger partial charge in [0.2, 0.25) is 5.88 Å². The Labute approximate surface area is 230 Å². The van der Waals surface area contributed by atoms with Crippen molar-refractivity contribution in [1.82, 2.24) is 34.3 Å². The summed E-state index contributed by atoms with van der Waals surface area (Å²) < 4.78 is 22.9. The second-order valence-electron chi connectivity index (χ2n) is 9.74. The number of nitrogens with zero attached hydrogens (tertiary/aromatic N) is 9. The second-order valence-corrected chi connectivity index (χ2v) is 9.74. The lowest BCUT2D eigenvalue weighted by Gasteiger charge is -2.35. The maximum atomic E-state index is 14.2. The first-order valence-electron chi connectivity index (χ1n) is 13.1. The van der Waals surface area contributed by atoms with Crippen molar-refractivity contribution in [3.63, 3.8) is 0 Å². The number of piperazine rings is 1. The highest BCUT2D eigenvalue weighted by Gasteiger charge is 2.20. The van der Waals surface area contributed by atoms with Crippen LogP contribution in [0.5, 0.6) is 5.88 Å². The molecule has 1 aliphatic rings. The fourth-order valence-corrected chi connectivity index (χ4v) is 5.07. The van der Waals surface area contributed by atoms with Crippen molar-refractivity contribution < 1.29 is 9.13 Å².